The molecular formula is C16H15FN6O. The summed E-state index contributed by atoms with van der Waals surface area (Å²) in [6, 6.07) is 6.22. The predicted molar refractivity (Wildman–Crippen MR) is 85.7 cm³/mol. The highest BCUT2D eigenvalue weighted by atomic mass is 19.1. The number of piperazine rings is 1. The molecule has 24 heavy (non-hydrogen) atoms. The van der Waals surface area contributed by atoms with E-state index in [-0.39, 0.29) is 18.3 Å². The summed E-state index contributed by atoms with van der Waals surface area (Å²) in [6.07, 6.45) is 3.13. The number of H-pyrrole nitrogens is 1. The first kappa shape index (κ1) is 14.6. The number of nitrogens with one attached hydrogen (secondary N) is 1. The van der Waals surface area contributed by atoms with E-state index in [4.69, 9.17) is 0 Å². The second-order valence-corrected chi connectivity index (χ2v) is 5.69. The molecular weight excluding hydrogens is 311 g/mol. The summed E-state index contributed by atoms with van der Waals surface area (Å²) in [5.41, 5.74) is 1.57. The summed E-state index contributed by atoms with van der Waals surface area (Å²) < 4.78 is 13.0. The van der Waals surface area contributed by atoms with Crippen LogP contribution in [0.15, 0.2) is 36.8 Å². The normalized spacial score (nSPS) is 15.3. The van der Waals surface area contributed by atoms with E-state index in [1.165, 1.54) is 18.5 Å². The number of anilines is 1. The topological polar surface area (TPSA) is 78.0 Å². The lowest BCUT2D eigenvalue weighted by Gasteiger charge is -2.35. The van der Waals surface area contributed by atoms with E-state index in [0.717, 1.165) is 10.9 Å². The zero-order valence-electron chi connectivity index (χ0n) is 12.8. The van der Waals surface area contributed by atoms with Gasteiger partial charge in [-0.15, -0.1) is 0 Å². The summed E-state index contributed by atoms with van der Waals surface area (Å²) >= 11 is 0. The minimum atomic E-state index is -0.275. The van der Waals surface area contributed by atoms with Gasteiger partial charge in [0.05, 0.1) is 18.1 Å². The second-order valence-electron chi connectivity index (χ2n) is 5.69. The molecule has 1 aliphatic heterocycles. The van der Waals surface area contributed by atoms with Crippen LogP contribution in [0, 0.1) is 5.82 Å². The Morgan fingerprint density at radius 1 is 1.17 bits per heavy atom. The number of hydrogen-bond acceptors (Lipinski definition) is 5. The van der Waals surface area contributed by atoms with Crippen LogP contribution in [-0.2, 0) is 11.3 Å². The molecule has 0 aliphatic carbocycles. The SMILES string of the molecule is O=C1CN(c2ncnc3[nH]ncc23)CCN1Cc1ccc(F)cc1. The molecule has 8 heteroatoms. The molecule has 0 unspecified atom stereocenters. The van der Waals surface area contributed by atoms with Gasteiger partial charge in [-0.05, 0) is 17.7 Å². The molecule has 0 radical (unpaired) electrons. The number of amides is 1. The number of carbonyl (C=O) groups excluding carboxylic acids is 1. The third-order valence-corrected chi connectivity index (χ3v) is 4.13. The standard InChI is InChI=1S/C16H15FN6O/c17-12-3-1-11(2-4-12)8-22-5-6-23(9-14(22)24)16-13-7-20-21-15(13)18-10-19-16/h1-4,7,10H,5-6,8-9H2,(H,18,19,20,21). The monoisotopic (exact) mass is 326 g/mol. The van der Waals surface area contributed by atoms with Crippen LogP contribution in [0.25, 0.3) is 11.0 Å². The maximum Gasteiger partial charge on any atom is 0.242 e. The van der Waals surface area contributed by atoms with E-state index < -0.39 is 0 Å². The molecule has 3 heterocycles. The van der Waals surface area contributed by atoms with E-state index in [9.17, 15) is 9.18 Å². The fraction of sp³-hybridized carbons (Fsp3) is 0.250. The lowest BCUT2D eigenvalue weighted by molar-refractivity contribution is -0.131. The van der Waals surface area contributed by atoms with Crippen molar-refractivity contribution in [2.45, 2.75) is 6.54 Å². The van der Waals surface area contributed by atoms with Crippen LogP contribution in [0.5, 0.6) is 0 Å². The van der Waals surface area contributed by atoms with E-state index >= 15 is 0 Å². The van der Waals surface area contributed by atoms with E-state index in [1.54, 1.807) is 23.2 Å². The molecule has 4 rings (SSSR count). The van der Waals surface area contributed by atoms with Crippen LogP contribution < -0.4 is 4.90 Å². The third kappa shape index (κ3) is 2.66. The van der Waals surface area contributed by atoms with Gasteiger partial charge in [0, 0.05) is 19.6 Å². The maximum absolute atomic E-state index is 13.0. The fourth-order valence-electron chi connectivity index (χ4n) is 2.87. The fourth-order valence-corrected chi connectivity index (χ4v) is 2.87. The molecule has 1 amide bonds. The number of rotatable bonds is 3. The van der Waals surface area contributed by atoms with Gasteiger partial charge < -0.3 is 9.80 Å². The Hall–Kier alpha value is -3.03. The van der Waals surface area contributed by atoms with Crippen LogP contribution in [-0.4, -0.2) is 50.6 Å². The number of carbonyl (C=O) groups is 1. The van der Waals surface area contributed by atoms with Gasteiger partial charge >= 0.3 is 0 Å². The first-order valence-electron chi connectivity index (χ1n) is 7.62. The number of hydrogen-bond donors (Lipinski definition) is 1. The summed E-state index contributed by atoms with van der Waals surface area (Å²) in [5, 5.41) is 7.58. The highest BCUT2D eigenvalue weighted by Crippen LogP contribution is 2.22. The van der Waals surface area contributed by atoms with Gasteiger partial charge in [0.15, 0.2) is 5.65 Å². The largest absolute Gasteiger partial charge is 0.345 e. The maximum atomic E-state index is 13.0. The van der Waals surface area contributed by atoms with Crippen molar-refractivity contribution in [2.24, 2.45) is 0 Å². The number of fused-ring (bicyclic) bond motifs is 1. The van der Waals surface area contributed by atoms with Gasteiger partial charge in [0.1, 0.15) is 18.0 Å². The first-order chi connectivity index (χ1) is 11.7. The van der Waals surface area contributed by atoms with Crippen LogP contribution in [0.2, 0.25) is 0 Å². The van der Waals surface area contributed by atoms with Gasteiger partial charge in [-0.1, -0.05) is 12.1 Å². The summed E-state index contributed by atoms with van der Waals surface area (Å²) in [4.78, 5) is 24.6. The predicted octanol–water partition coefficient (Wildman–Crippen LogP) is 1.34. The van der Waals surface area contributed by atoms with Gasteiger partial charge in [-0.2, -0.15) is 5.10 Å². The van der Waals surface area contributed by atoms with Gasteiger partial charge in [-0.3, -0.25) is 9.89 Å². The lowest BCUT2D eigenvalue weighted by Crippen LogP contribution is -2.50. The number of aromatic nitrogens is 4. The Labute approximate surface area is 137 Å². The molecule has 3 aromatic rings. The van der Waals surface area contributed by atoms with E-state index in [2.05, 4.69) is 20.2 Å². The molecule has 0 bridgehead atoms. The summed E-state index contributed by atoms with van der Waals surface area (Å²) in [5.74, 6) is 0.451. The van der Waals surface area contributed by atoms with E-state index in [1.807, 2.05) is 4.90 Å². The smallest absolute Gasteiger partial charge is 0.242 e. The Balaban J connectivity index is 1.49. The number of benzene rings is 1. The van der Waals surface area contributed by atoms with Crippen LogP contribution in [0.1, 0.15) is 5.56 Å². The molecule has 1 fully saturated rings. The van der Waals surface area contributed by atoms with Crippen LogP contribution >= 0.6 is 0 Å². The molecule has 0 atom stereocenters. The molecule has 0 spiro atoms. The van der Waals surface area contributed by atoms with Crippen molar-refractivity contribution in [3.05, 3.63) is 48.2 Å². The molecule has 1 aromatic carbocycles. The number of nitrogens with zero attached hydrogens (tertiary/aromatic N) is 5. The average Bonchev–Trinajstić information content (AvgIpc) is 3.07. The van der Waals surface area contributed by atoms with Crippen LogP contribution in [0.3, 0.4) is 0 Å². The average molecular weight is 326 g/mol. The molecule has 2 aromatic heterocycles. The zero-order chi connectivity index (χ0) is 16.5. The third-order valence-electron chi connectivity index (χ3n) is 4.13. The zero-order valence-corrected chi connectivity index (χ0v) is 12.8. The van der Waals surface area contributed by atoms with Gasteiger partial charge in [-0.25, -0.2) is 14.4 Å². The highest BCUT2D eigenvalue weighted by Gasteiger charge is 2.26. The first-order valence-corrected chi connectivity index (χ1v) is 7.62. The van der Waals surface area contributed by atoms with Crippen molar-refractivity contribution in [1.82, 2.24) is 25.1 Å². The van der Waals surface area contributed by atoms with Crippen molar-refractivity contribution in [3.8, 4) is 0 Å². The minimum Gasteiger partial charge on any atom is -0.345 e. The Bertz CT molecular complexity index is 878. The Morgan fingerprint density at radius 2 is 2.00 bits per heavy atom. The van der Waals surface area contributed by atoms with Crippen molar-refractivity contribution in [1.29, 1.82) is 0 Å². The Morgan fingerprint density at radius 3 is 2.79 bits per heavy atom. The number of halogens is 1. The van der Waals surface area contributed by atoms with Crippen LogP contribution in [0.4, 0.5) is 10.2 Å². The Kier molecular flexibility index (Phi) is 3.56. The van der Waals surface area contributed by atoms with Crippen molar-refractivity contribution < 1.29 is 9.18 Å². The van der Waals surface area contributed by atoms with Crippen molar-refractivity contribution >= 4 is 22.8 Å². The van der Waals surface area contributed by atoms with Gasteiger partial charge in [0.25, 0.3) is 0 Å². The number of aromatic amines is 1. The molecule has 7 nitrogen and oxygen atoms in total. The molecule has 122 valence electrons. The van der Waals surface area contributed by atoms with E-state index in [0.29, 0.717) is 31.1 Å². The quantitative estimate of drug-likeness (QED) is 0.786. The summed E-state index contributed by atoms with van der Waals surface area (Å²) in [6.45, 7) is 1.99. The minimum absolute atomic E-state index is 0.0147. The molecule has 1 aliphatic rings. The van der Waals surface area contributed by atoms with Crippen molar-refractivity contribution in [2.75, 3.05) is 24.5 Å². The lowest BCUT2D eigenvalue weighted by atomic mass is 10.2. The molecule has 1 N–H and O–H groups in total. The highest BCUT2D eigenvalue weighted by molar-refractivity contribution is 5.90. The van der Waals surface area contributed by atoms with Crippen molar-refractivity contribution in [3.63, 3.8) is 0 Å². The second kappa shape index (κ2) is 5.88. The molecule has 0 saturated carbocycles. The molecule has 1 saturated heterocycles. The van der Waals surface area contributed by atoms with Gasteiger partial charge in [0.2, 0.25) is 5.91 Å². The summed E-state index contributed by atoms with van der Waals surface area (Å²) in [7, 11) is 0.